The van der Waals surface area contributed by atoms with Crippen LogP contribution in [0.25, 0.3) is 10.2 Å². The fraction of sp³-hybridized carbons (Fsp3) is 0.333. The van der Waals surface area contributed by atoms with Crippen molar-refractivity contribution in [3.63, 3.8) is 0 Å². The third-order valence-electron chi connectivity index (χ3n) is 6.46. The van der Waals surface area contributed by atoms with Crippen LogP contribution in [0.3, 0.4) is 0 Å². The summed E-state index contributed by atoms with van der Waals surface area (Å²) in [6, 6.07) is 9.88. The summed E-state index contributed by atoms with van der Waals surface area (Å²) >= 11 is 1.32. The van der Waals surface area contributed by atoms with Crippen molar-refractivity contribution >= 4 is 50.1 Å². The lowest BCUT2D eigenvalue weighted by atomic mass is 9.99. The van der Waals surface area contributed by atoms with E-state index < -0.39 is 34.9 Å². The highest BCUT2D eigenvalue weighted by molar-refractivity contribution is 7.22. The number of rotatable bonds is 6. The van der Waals surface area contributed by atoms with Crippen molar-refractivity contribution in [2.75, 3.05) is 25.0 Å². The molecule has 1 fully saturated rings. The maximum absolute atomic E-state index is 12.7. The van der Waals surface area contributed by atoms with Crippen LogP contribution in [0, 0.1) is 16.0 Å². The van der Waals surface area contributed by atoms with E-state index in [0.717, 1.165) is 46.7 Å². The van der Waals surface area contributed by atoms with Gasteiger partial charge < -0.3 is 5.32 Å². The van der Waals surface area contributed by atoms with Crippen LogP contribution in [-0.4, -0.2) is 57.1 Å². The highest BCUT2D eigenvalue weighted by Gasteiger charge is 2.41. The fourth-order valence-corrected chi connectivity index (χ4v) is 5.46. The number of imide groups is 1. The Bertz CT molecular complexity index is 1360. The normalized spacial score (nSPS) is 16.7. The highest BCUT2D eigenvalue weighted by Crippen LogP contribution is 2.31. The van der Waals surface area contributed by atoms with Gasteiger partial charge in [0.1, 0.15) is 12.1 Å². The summed E-state index contributed by atoms with van der Waals surface area (Å²) in [5, 5.41) is 14.3. The SMILES string of the molecule is CC1CCN(Cc2ccc3nc(NC(=O)CN4C(=O)c5cccc([N+](=O)[O-])c5C4=O)sc3c2)CC1. The number of hydrogen-bond donors (Lipinski definition) is 1. The van der Waals surface area contributed by atoms with Crippen molar-refractivity contribution in [3.05, 3.63) is 63.2 Å². The van der Waals surface area contributed by atoms with Crippen molar-refractivity contribution in [1.82, 2.24) is 14.8 Å². The van der Waals surface area contributed by atoms with E-state index in [0.29, 0.717) is 5.13 Å². The molecule has 0 spiro atoms. The molecular weight excluding hydrogens is 470 g/mol. The molecule has 3 aromatic rings. The van der Waals surface area contributed by atoms with Crippen LogP contribution in [0.2, 0.25) is 0 Å². The predicted molar refractivity (Wildman–Crippen MR) is 130 cm³/mol. The number of nitrogens with zero attached hydrogens (tertiary/aromatic N) is 4. The fourth-order valence-electron chi connectivity index (χ4n) is 4.51. The van der Waals surface area contributed by atoms with Crippen molar-refractivity contribution in [2.45, 2.75) is 26.3 Å². The van der Waals surface area contributed by atoms with Gasteiger partial charge in [0.25, 0.3) is 17.5 Å². The average Bonchev–Trinajstić information content (AvgIpc) is 3.33. The standard InChI is InChI=1S/C24H23N5O5S/c1-14-7-9-27(10-8-14)12-15-5-6-17-19(11-15)35-24(25-17)26-20(30)13-28-22(31)16-3-2-4-18(29(33)34)21(16)23(28)32/h2-6,11,14H,7-10,12-13H2,1H3,(H,25,26,30). The molecule has 11 heteroatoms. The number of amides is 3. The molecule has 3 heterocycles. The van der Waals surface area contributed by atoms with Gasteiger partial charge in [-0.3, -0.25) is 34.3 Å². The van der Waals surface area contributed by atoms with Gasteiger partial charge >= 0.3 is 0 Å². The second-order valence-electron chi connectivity index (χ2n) is 8.98. The van der Waals surface area contributed by atoms with Crippen molar-refractivity contribution < 1.29 is 19.3 Å². The molecule has 180 valence electrons. The summed E-state index contributed by atoms with van der Waals surface area (Å²) in [6.45, 7) is 4.77. The molecule has 1 aromatic heterocycles. The Morgan fingerprint density at radius 3 is 2.71 bits per heavy atom. The Kier molecular flexibility index (Phi) is 6.03. The number of benzene rings is 2. The Morgan fingerprint density at radius 2 is 1.97 bits per heavy atom. The summed E-state index contributed by atoms with van der Waals surface area (Å²) in [5.74, 6) is -1.42. The highest BCUT2D eigenvalue weighted by atomic mass is 32.1. The molecule has 0 bridgehead atoms. The largest absolute Gasteiger partial charge is 0.300 e. The van der Waals surface area contributed by atoms with E-state index in [-0.39, 0.29) is 11.1 Å². The number of carbonyl (C=O) groups excluding carboxylic acids is 3. The quantitative estimate of drug-likeness (QED) is 0.315. The number of anilines is 1. The Morgan fingerprint density at radius 1 is 1.20 bits per heavy atom. The molecule has 2 aromatic carbocycles. The van der Waals surface area contributed by atoms with Crippen LogP contribution in [0.15, 0.2) is 36.4 Å². The molecule has 10 nitrogen and oxygen atoms in total. The molecule has 5 rings (SSSR count). The van der Waals surface area contributed by atoms with Gasteiger partial charge in [-0.1, -0.05) is 30.4 Å². The first-order valence-corrected chi connectivity index (χ1v) is 12.2. The van der Waals surface area contributed by atoms with Crippen molar-refractivity contribution in [2.24, 2.45) is 5.92 Å². The molecular formula is C24H23N5O5S. The van der Waals surface area contributed by atoms with Gasteiger partial charge in [0.05, 0.1) is 20.7 Å². The molecule has 0 unspecified atom stereocenters. The number of hydrogen-bond acceptors (Lipinski definition) is 8. The summed E-state index contributed by atoms with van der Waals surface area (Å²) in [5.41, 5.74) is 1.11. The lowest BCUT2D eigenvalue weighted by molar-refractivity contribution is -0.385. The zero-order valence-electron chi connectivity index (χ0n) is 19.0. The van der Waals surface area contributed by atoms with E-state index in [1.807, 2.05) is 12.1 Å². The van der Waals surface area contributed by atoms with Gasteiger partial charge in [-0.2, -0.15) is 0 Å². The number of aromatic nitrogens is 1. The Labute approximate surface area is 204 Å². The minimum Gasteiger partial charge on any atom is -0.300 e. The van der Waals surface area contributed by atoms with Crippen molar-refractivity contribution in [3.8, 4) is 0 Å². The second kappa shape index (κ2) is 9.16. The molecule has 0 atom stereocenters. The maximum Gasteiger partial charge on any atom is 0.282 e. The van der Waals surface area contributed by atoms with Crippen LogP contribution in [0.1, 0.15) is 46.0 Å². The van der Waals surface area contributed by atoms with Crippen molar-refractivity contribution in [1.29, 1.82) is 0 Å². The molecule has 0 radical (unpaired) electrons. The van der Waals surface area contributed by atoms with Gasteiger partial charge in [0.2, 0.25) is 5.91 Å². The van der Waals surface area contributed by atoms with E-state index >= 15 is 0 Å². The van der Waals surface area contributed by atoms with E-state index in [1.165, 1.54) is 41.9 Å². The average molecular weight is 494 g/mol. The Balaban J connectivity index is 1.26. The minimum atomic E-state index is -0.853. The molecule has 3 amide bonds. The number of fused-ring (bicyclic) bond motifs is 2. The molecule has 2 aliphatic rings. The first-order valence-electron chi connectivity index (χ1n) is 11.4. The van der Waals surface area contributed by atoms with Crippen LogP contribution in [0.4, 0.5) is 10.8 Å². The first kappa shape index (κ1) is 23.1. The van der Waals surface area contributed by atoms with E-state index in [1.54, 1.807) is 0 Å². The molecule has 0 saturated carbocycles. The Hall–Kier alpha value is -3.70. The monoisotopic (exact) mass is 493 g/mol. The molecule has 1 saturated heterocycles. The van der Waals surface area contributed by atoms with Gasteiger partial charge in [-0.25, -0.2) is 4.98 Å². The summed E-state index contributed by atoms with van der Waals surface area (Å²) in [6.07, 6.45) is 2.42. The summed E-state index contributed by atoms with van der Waals surface area (Å²) < 4.78 is 0.930. The van der Waals surface area contributed by atoms with E-state index in [4.69, 9.17) is 0 Å². The van der Waals surface area contributed by atoms with Gasteiger partial charge in [-0.05, 0) is 55.6 Å². The van der Waals surface area contributed by atoms with Crippen LogP contribution in [-0.2, 0) is 11.3 Å². The summed E-state index contributed by atoms with van der Waals surface area (Å²) in [7, 11) is 0. The number of likely N-dealkylation sites (tertiary alicyclic amines) is 1. The number of thiazole rings is 1. The summed E-state index contributed by atoms with van der Waals surface area (Å²) in [4.78, 5) is 56.1. The lowest BCUT2D eigenvalue weighted by Gasteiger charge is -2.30. The minimum absolute atomic E-state index is 0.0762. The first-order chi connectivity index (χ1) is 16.8. The number of piperidine rings is 1. The molecule has 1 N–H and O–H groups in total. The molecule has 35 heavy (non-hydrogen) atoms. The zero-order valence-corrected chi connectivity index (χ0v) is 19.8. The van der Waals surface area contributed by atoms with Gasteiger partial charge in [0.15, 0.2) is 5.13 Å². The lowest BCUT2D eigenvalue weighted by Crippen LogP contribution is -2.37. The molecule has 0 aliphatic carbocycles. The van der Waals surface area contributed by atoms with Crippen LogP contribution in [0.5, 0.6) is 0 Å². The third kappa shape index (κ3) is 4.52. The van der Waals surface area contributed by atoms with Crippen LogP contribution >= 0.6 is 11.3 Å². The van der Waals surface area contributed by atoms with E-state index in [2.05, 4.69) is 28.2 Å². The van der Waals surface area contributed by atoms with E-state index in [9.17, 15) is 24.5 Å². The van der Waals surface area contributed by atoms with Gasteiger partial charge in [0, 0.05) is 12.6 Å². The third-order valence-corrected chi connectivity index (χ3v) is 7.39. The number of nitrogens with one attached hydrogen (secondary N) is 1. The number of nitro groups is 1. The topological polar surface area (TPSA) is 126 Å². The predicted octanol–water partition coefficient (Wildman–Crippen LogP) is 3.67. The number of carbonyl (C=O) groups is 3. The smallest absolute Gasteiger partial charge is 0.282 e. The zero-order chi connectivity index (χ0) is 24.7. The van der Waals surface area contributed by atoms with Crippen LogP contribution < -0.4 is 5.32 Å². The molecule has 2 aliphatic heterocycles. The maximum atomic E-state index is 12.7. The second-order valence-corrected chi connectivity index (χ2v) is 10.0. The van der Waals surface area contributed by atoms with Gasteiger partial charge in [-0.15, -0.1) is 0 Å². The number of nitro benzene ring substituents is 1.